The Morgan fingerprint density at radius 2 is 1.80 bits per heavy atom. The summed E-state index contributed by atoms with van der Waals surface area (Å²) < 4.78 is 81.3. The first-order valence-electron chi connectivity index (χ1n) is 12.2. The fraction of sp³-hybridized carbons (Fsp3) is 0.259. The van der Waals surface area contributed by atoms with Crippen molar-refractivity contribution in [3.8, 4) is 17.0 Å². The number of carbonyl (C=O) groups is 1. The minimum atomic E-state index is -5.04. The van der Waals surface area contributed by atoms with Gasteiger partial charge in [0.25, 0.3) is 5.91 Å². The number of amides is 1. The quantitative estimate of drug-likeness (QED) is 0.274. The third-order valence-corrected chi connectivity index (χ3v) is 8.01. The van der Waals surface area contributed by atoms with Crippen molar-refractivity contribution >= 4 is 21.4 Å². The van der Waals surface area contributed by atoms with Crippen LogP contribution >= 0.6 is 0 Å². The van der Waals surface area contributed by atoms with E-state index in [4.69, 9.17) is 0 Å². The number of aliphatic hydroxyl groups is 1. The van der Waals surface area contributed by atoms with Crippen LogP contribution < -0.4 is 10.1 Å². The van der Waals surface area contributed by atoms with E-state index in [1.807, 2.05) is 6.92 Å². The lowest BCUT2D eigenvalue weighted by Gasteiger charge is -2.17. The van der Waals surface area contributed by atoms with Crippen molar-refractivity contribution in [1.29, 1.82) is 0 Å². The van der Waals surface area contributed by atoms with Crippen molar-refractivity contribution in [2.75, 3.05) is 12.4 Å². The first-order valence-corrected chi connectivity index (χ1v) is 13.8. The van der Waals surface area contributed by atoms with Crippen LogP contribution in [-0.2, 0) is 16.3 Å². The smallest absolute Gasteiger partial charge is 0.403 e. The van der Waals surface area contributed by atoms with Gasteiger partial charge in [-0.15, -0.1) is 13.2 Å². The first-order chi connectivity index (χ1) is 18.9. The van der Waals surface area contributed by atoms with Crippen LogP contribution in [0.2, 0.25) is 0 Å². The molecule has 2 N–H and O–H groups in total. The number of carbonyl (C=O) groups excluding carboxylic acids is 1. The first kappa shape index (κ1) is 29.0. The molecule has 8 nitrogen and oxygen atoms in total. The van der Waals surface area contributed by atoms with Gasteiger partial charge in [0, 0.05) is 17.3 Å². The highest BCUT2D eigenvalue weighted by atomic mass is 32.2. The van der Waals surface area contributed by atoms with Crippen LogP contribution in [0.15, 0.2) is 65.7 Å². The molecule has 0 aliphatic heterocycles. The zero-order chi connectivity index (χ0) is 29.2. The fourth-order valence-electron chi connectivity index (χ4n) is 4.21. The van der Waals surface area contributed by atoms with E-state index in [-0.39, 0.29) is 21.8 Å². The number of pyridine rings is 1. The Bertz CT molecular complexity index is 1650. The molecule has 0 aliphatic carbocycles. The van der Waals surface area contributed by atoms with E-state index >= 15 is 0 Å². The Hall–Kier alpha value is -3.97. The molecule has 1 atom stereocenters. The number of hydrogen-bond acceptors (Lipinski definition) is 6. The molecule has 0 bridgehead atoms. The van der Waals surface area contributed by atoms with E-state index in [0.717, 1.165) is 12.1 Å². The molecule has 1 amide bonds. The molecule has 4 aromatic rings. The van der Waals surface area contributed by atoms with Crippen LogP contribution in [0.4, 0.5) is 17.6 Å². The summed E-state index contributed by atoms with van der Waals surface area (Å²) in [5.74, 6) is -2.76. The lowest BCUT2D eigenvalue weighted by atomic mass is 10.1. The number of nitrogens with one attached hydrogen (secondary N) is 1. The molecular weight excluding hydrogens is 554 g/mol. The highest BCUT2D eigenvalue weighted by Gasteiger charge is 2.32. The number of benzene rings is 2. The Kier molecular flexibility index (Phi) is 8.17. The summed E-state index contributed by atoms with van der Waals surface area (Å²) in [6.45, 7) is 2.92. The zero-order valence-corrected chi connectivity index (χ0v) is 22.2. The summed E-state index contributed by atoms with van der Waals surface area (Å²) in [6.07, 6.45) is -3.00. The van der Waals surface area contributed by atoms with Gasteiger partial charge in [0.05, 0.1) is 34.7 Å². The second-order valence-electron chi connectivity index (χ2n) is 8.78. The topological polar surface area (TPSA) is 110 Å². The van der Waals surface area contributed by atoms with E-state index < -0.39 is 46.3 Å². The van der Waals surface area contributed by atoms with Crippen molar-refractivity contribution in [3.63, 3.8) is 0 Å². The average Bonchev–Trinajstić information content (AvgIpc) is 3.30. The number of aryl methyl sites for hydroxylation is 1. The molecule has 0 saturated heterocycles. The Labute approximate surface area is 227 Å². The molecule has 2 heterocycles. The van der Waals surface area contributed by atoms with Gasteiger partial charge < -0.3 is 19.6 Å². The number of rotatable bonds is 9. The summed E-state index contributed by atoms with van der Waals surface area (Å²) in [4.78, 5) is 17.6. The summed E-state index contributed by atoms with van der Waals surface area (Å²) in [6, 6.07) is 11.1. The molecule has 2 aromatic heterocycles. The molecule has 2 aromatic carbocycles. The van der Waals surface area contributed by atoms with Crippen LogP contribution in [0.1, 0.15) is 41.5 Å². The number of hydrogen-bond donors (Lipinski definition) is 2. The van der Waals surface area contributed by atoms with Crippen LogP contribution in [0.5, 0.6) is 5.75 Å². The van der Waals surface area contributed by atoms with Crippen molar-refractivity contribution in [1.82, 2.24) is 14.7 Å². The maximum Gasteiger partial charge on any atom is 0.573 e. The largest absolute Gasteiger partial charge is 0.573 e. The molecular formula is C27H25F4N3O5S. The maximum atomic E-state index is 14.4. The number of imidazole rings is 1. The van der Waals surface area contributed by atoms with Gasteiger partial charge in [0.2, 0.25) is 0 Å². The van der Waals surface area contributed by atoms with Gasteiger partial charge in [0.1, 0.15) is 5.65 Å². The van der Waals surface area contributed by atoms with E-state index in [1.165, 1.54) is 49.4 Å². The highest BCUT2D eigenvalue weighted by Crippen LogP contribution is 2.31. The summed E-state index contributed by atoms with van der Waals surface area (Å²) >= 11 is 0. The molecule has 40 heavy (non-hydrogen) atoms. The minimum Gasteiger partial charge on any atom is -0.403 e. The number of sulfone groups is 1. The lowest BCUT2D eigenvalue weighted by Crippen LogP contribution is -2.30. The molecule has 0 spiro atoms. The zero-order valence-electron chi connectivity index (χ0n) is 21.4. The number of halogens is 4. The molecule has 4 rings (SSSR count). The number of aliphatic hydroxyl groups excluding tert-OH is 1. The number of nitrogens with zero attached hydrogens (tertiary/aromatic N) is 2. The van der Waals surface area contributed by atoms with Crippen LogP contribution in [-0.4, -0.2) is 47.5 Å². The van der Waals surface area contributed by atoms with Gasteiger partial charge >= 0.3 is 6.36 Å². The van der Waals surface area contributed by atoms with Crippen molar-refractivity contribution in [3.05, 3.63) is 83.4 Å². The highest BCUT2D eigenvalue weighted by molar-refractivity contribution is 7.91. The summed E-state index contributed by atoms with van der Waals surface area (Å²) in [5.41, 5.74) is 2.24. The number of aromatic nitrogens is 2. The fourth-order valence-corrected chi connectivity index (χ4v) is 5.10. The third-order valence-electron chi connectivity index (χ3n) is 6.26. The van der Waals surface area contributed by atoms with Gasteiger partial charge in [-0.05, 0) is 54.4 Å². The average molecular weight is 580 g/mol. The van der Waals surface area contributed by atoms with Gasteiger partial charge in [-0.25, -0.2) is 17.8 Å². The molecule has 0 unspecified atom stereocenters. The van der Waals surface area contributed by atoms with Crippen molar-refractivity contribution < 1.29 is 40.6 Å². The molecule has 0 aliphatic rings. The Balaban J connectivity index is 1.60. The predicted molar refractivity (Wildman–Crippen MR) is 138 cm³/mol. The van der Waals surface area contributed by atoms with Gasteiger partial charge in [0.15, 0.2) is 21.4 Å². The predicted octanol–water partition coefficient (Wildman–Crippen LogP) is 4.86. The number of fused-ring (bicyclic) bond motifs is 1. The van der Waals surface area contributed by atoms with E-state index in [0.29, 0.717) is 29.0 Å². The molecule has 0 fully saturated rings. The lowest BCUT2D eigenvalue weighted by molar-refractivity contribution is -0.275. The molecule has 0 saturated carbocycles. The van der Waals surface area contributed by atoms with Crippen LogP contribution in [0, 0.1) is 5.82 Å². The van der Waals surface area contributed by atoms with Gasteiger partial charge in [-0.1, -0.05) is 26.0 Å². The third kappa shape index (κ3) is 6.10. The van der Waals surface area contributed by atoms with Crippen LogP contribution in [0.3, 0.4) is 0 Å². The maximum absolute atomic E-state index is 14.4. The van der Waals surface area contributed by atoms with Gasteiger partial charge in [-0.3, -0.25) is 4.79 Å². The second kappa shape index (κ2) is 11.3. The Morgan fingerprint density at radius 1 is 1.10 bits per heavy atom. The van der Waals surface area contributed by atoms with Crippen LogP contribution in [0.25, 0.3) is 16.9 Å². The van der Waals surface area contributed by atoms with Crippen molar-refractivity contribution in [2.24, 2.45) is 0 Å². The molecule has 0 radical (unpaired) electrons. The molecule has 13 heteroatoms. The SMILES string of the molecule is CCc1c(-c2ccc(OC(F)(F)F)c(F)c2)nc2cc(C(=O)N[C@@H](CO)c3ccc(S(=O)(=O)CC)cc3)ccn12. The minimum absolute atomic E-state index is 0.0586. The monoisotopic (exact) mass is 579 g/mol. The van der Waals surface area contributed by atoms with E-state index in [1.54, 1.807) is 10.6 Å². The summed E-state index contributed by atoms with van der Waals surface area (Å²) in [7, 11) is -3.40. The summed E-state index contributed by atoms with van der Waals surface area (Å²) in [5, 5.41) is 12.6. The standard InChI is InChI=1S/C27H25F4N3O5S/c1-3-22-25(17-7-10-23(20(28)13-17)39-27(29,30)31)33-24-14-18(11-12-34(22)24)26(36)32-21(15-35)16-5-8-19(9-6-16)40(37,38)4-2/h5-14,21,35H,3-4,15H2,1-2H3,(H,32,36)/t21-/m0/s1. The van der Waals surface area contributed by atoms with E-state index in [2.05, 4.69) is 15.0 Å². The van der Waals surface area contributed by atoms with E-state index in [9.17, 15) is 35.9 Å². The second-order valence-corrected chi connectivity index (χ2v) is 11.1. The number of alkyl halides is 3. The number of ether oxygens (including phenoxy) is 1. The van der Waals surface area contributed by atoms with Crippen molar-refractivity contribution in [2.45, 2.75) is 37.6 Å². The Morgan fingerprint density at radius 3 is 2.38 bits per heavy atom. The molecule has 212 valence electrons. The van der Waals surface area contributed by atoms with Gasteiger partial charge in [-0.2, -0.15) is 0 Å². The normalized spacial score (nSPS) is 12.9.